The molecule has 10 atom stereocenters. The van der Waals surface area contributed by atoms with E-state index in [9.17, 15) is 10.1 Å². The molecule has 0 amide bonds. The van der Waals surface area contributed by atoms with Crippen LogP contribution < -0.4 is 0 Å². The third-order valence-electron chi connectivity index (χ3n) is 7.30. The molecule has 0 aromatic heterocycles. The number of hydrogen-bond donors (Lipinski definition) is 0. The highest BCUT2D eigenvalue weighted by Gasteiger charge is 2.87. The Balaban J connectivity index is 1.52. The van der Waals surface area contributed by atoms with Crippen molar-refractivity contribution in [2.75, 3.05) is 6.61 Å². The van der Waals surface area contributed by atoms with Crippen molar-refractivity contribution in [3.63, 3.8) is 0 Å². The van der Waals surface area contributed by atoms with E-state index in [1.807, 2.05) is 0 Å². The molecule has 0 aliphatic heterocycles. The molecule has 6 aliphatic rings. The SMILES string of the molecule is O=[N+]([O-])OCCC12C(I)C3C4CC5C3C1C(I)C5C42. The van der Waals surface area contributed by atoms with E-state index in [-0.39, 0.29) is 0 Å². The van der Waals surface area contributed by atoms with Gasteiger partial charge in [-0.1, -0.05) is 45.2 Å². The van der Waals surface area contributed by atoms with Crippen molar-refractivity contribution in [1.82, 2.24) is 0 Å². The summed E-state index contributed by atoms with van der Waals surface area (Å²) in [6.07, 6.45) is 2.39. The van der Waals surface area contributed by atoms with Gasteiger partial charge in [0.2, 0.25) is 0 Å². The normalized spacial score (nSPS) is 65.7. The molecule has 6 bridgehead atoms. The maximum atomic E-state index is 10.4. The third-order valence-corrected chi connectivity index (χ3v) is 10.9. The molecular formula is C13H15I2NO3. The Labute approximate surface area is 138 Å². The van der Waals surface area contributed by atoms with Crippen LogP contribution in [0.2, 0.25) is 0 Å². The summed E-state index contributed by atoms with van der Waals surface area (Å²) in [5.41, 5.74) is 0.389. The Bertz CT molecular complexity index is 485. The van der Waals surface area contributed by atoms with E-state index in [0.717, 1.165) is 55.7 Å². The zero-order valence-corrected chi connectivity index (χ0v) is 14.6. The smallest absolute Gasteiger partial charge is 0.294 e. The van der Waals surface area contributed by atoms with Gasteiger partial charge < -0.3 is 4.84 Å². The summed E-state index contributed by atoms with van der Waals surface area (Å²) in [7, 11) is 0. The first kappa shape index (κ1) is 12.2. The van der Waals surface area contributed by atoms with Crippen LogP contribution in [0.4, 0.5) is 0 Å². The second-order valence-corrected chi connectivity index (χ2v) is 9.89. The molecule has 6 fully saturated rings. The molecule has 0 heterocycles. The predicted octanol–water partition coefficient (Wildman–Crippen LogP) is 2.95. The molecule has 104 valence electrons. The number of alkyl halides is 2. The average Bonchev–Trinajstić information content (AvgIpc) is 3.05. The van der Waals surface area contributed by atoms with Gasteiger partial charge in [-0.05, 0) is 59.7 Å². The van der Waals surface area contributed by atoms with E-state index in [4.69, 9.17) is 0 Å². The fourth-order valence-electron chi connectivity index (χ4n) is 7.48. The third kappa shape index (κ3) is 1.07. The second-order valence-electron chi connectivity index (χ2n) is 7.11. The molecule has 0 aromatic rings. The van der Waals surface area contributed by atoms with Crippen molar-refractivity contribution in [2.45, 2.75) is 20.7 Å². The highest BCUT2D eigenvalue weighted by atomic mass is 127. The lowest BCUT2D eigenvalue weighted by Crippen LogP contribution is -2.40. The summed E-state index contributed by atoms with van der Waals surface area (Å²) in [5, 5.41) is 9.81. The van der Waals surface area contributed by atoms with Crippen LogP contribution >= 0.6 is 45.2 Å². The quantitative estimate of drug-likeness (QED) is 0.266. The predicted molar refractivity (Wildman–Crippen MR) is 84.7 cm³/mol. The molecule has 4 nitrogen and oxygen atoms in total. The van der Waals surface area contributed by atoms with Gasteiger partial charge in [0, 0.05) is 7.85 Å². The van der Waals surface area contributed by atoms with Gasteiger partial charge in [-0.3, -0.25) is 0 Å². The molecule has 0 radical (unpaired) electrons. The Morgan fingerprint density at radius 1 is 1.21 bits per heavy atom. The van der Waals surface area contributed by atoms with Gasteiger partial charge in [0.25, 0.3) is 5.09 Å². The van der Waals surface area contributed by atoms with Crippen molar-refractivity contribution < 1.29 is 9.92 Å². The summed E-state index contributed by atoms with van der Waals surface area (Å²) >= 11 is 5.40. The molecule has 10 unspecified atom stereocenters. The Morgan fingerprint density at radius 2 is 2.00 bits per heavy atom. The van der Waals surface area contributed by atoms with Gasteiger partial charge in [-0.25, -0.2) is 0 Å². The van der Waals surface area contributed by atoms with Crippen molar-refractivity contribution in [3.05, 3.63) is 10.1 Å². The van der Waals surface area contributed by atoms with E-state index in [0.29, 0.717) is 12.0 Å². The number of nitrogens with zero attached hydrogens (tertiary/aromatic N) is 1. The molecule has 0 spiro atoms. The lowest BCUT2D eigenvalue weighted by atomic mass is 9.62. The fourth-order valence-corrected chi connectivity index (χ4v) is 11.8. The average molecular weight is 487 g/mol. The Hall–Kier alpha value is 0.660. The summed E-state index contributed by atoms with van der Waals surface area (Å²) < 4.78 is 1.59. The van der Waals surface area contributed by atoms with Crippen LogP contribution in [-0.4, -0.2) is 19.5 Å². The van der Waals surface area contributed by atoms with Crippen LogP contribution in [-0.2, 0) is 4.84 Å². The molecule has 0 saturated heterocycles. The molecule has 6 heteroatoms. The van der Waals surface area contributed by atoms with Crippen molar-refractivity contribution >= 4 is 45.2 Å². The minimum absolute atomic E-state index is 0.312. The number of hydrogen-bond acceptors (Lipinski definition) is 3. The first-order chi connectivity index (χ1) is 9.09. The van der Waals surface area contributed by atoms with E-state index >= 15 is 0 Å². The molecule has 6 aliphatic carbocycles. The van der Waals surface area contributed by atoms with E-state index in [1.165, 1.54) is 6.42 Å². The van der Waals surface area contributed by atoms with E-state index in [1.54, 1.807) is 0 Å². The van der Waals surface area contributed by atoms with Crippen LogP contribution in [0, 0.1) is 57.0 Å². The fraction of sp³-hybridized carbons (Fsp3) is 1.00. The largest absolute Gasteiger partial charge is 0.314 e. The zero-order valence-electron chi connectivity index (χ0n) is 10.2. The van der Waals surface area contributed by atoms with Crippen molar-refractivity contribution in [3.8, 4) is 0 Å². The lowest BCUT2D eigenvalue weighted by molar-refractivity contribution is -0.758. The standard InChI is InChI=1S/C13H15I2NO3/c14-11-8-4-3-5-7-6(4)10(11)13(9(5)8,12(7)15)1-2-19-16(17)18/h4-12H,1-3H2. The van der Waals surface area contributed by atoms with Crippen LogP contribution in [0.15, 0.2) is 0 Å². The maximum absolute atomic E-state index is 10.4. The number of halogens is 2. The molecule has 6 saturated carbocycles. The minimum Gasteiger partial charge on any atom is -0.314 e. The van der Waals surface area contributed by atoms with Crippen molar-refractivity contribution in [2.24, 2.45) is 46.8 Å². The minimum atomic E-state index is -0.621. The molecule has 0 N–H and O–H groups in total. The summed E-state index contributed by atoms with van der Waals surface area (Å²) in [6, 6.07) is 0. The molecular weight excluding hydrogens is 472 g/mol. The first-order valence-electron chi connectivity index (χ1n) is 7.14. The summed E-state index contributed by atoms with van der Waals surface area (Å²) in [5.74, 6) is 6.51. The van der Waals surface area contributed by atoms with Gasteiger partial charge >= 0.3 is 0 Å². The maximum Gasteiger partial charge on any atom is 0.294 e. The lowest BCUT2D eigenvalue weighted by Gasteiger charge is -2.42. The zero-order chi connectivity index (χ0) is 13.1. The van der Waals surface area contributed by atoms with Gasteiger partial charge in [-0.2, -0.15) is 0 Å². The first-order valence-corrected chi connectivity index (χ1v) is 9.63. The molecule has 19 heavy (non-hydrogen) atoms. The summed E-state index contributed by atoms with van der Waals surface area (Å²) in [4.78, 5) is 15.1. The van der Waals surface area contributed by atoms with Gasteiger partial charge in [-0.15, -0.1) is 10.1 Å². The second kappa shape index (κ2) is 3.52. The topological polar surface area (TPSA) is 52.4 Å². The van der Waals surface area contributed by atoms with Crippen LogP contribution in [0.1, 0.15) is 12.8 Å². The Morgan fingerprint density at radius 3 is 2.74 bits per heavy atom. The molecule has 0 aromatic carbocycles. The molecule has 6 rings (SSSR count). The van der Waals surface area contributed by atoms with Gasteiger partial charge in [0.15, 0.2) is 0 Å². The van der Waals surface area contributed by atoms with Gasteiger partial charge in [0.05, 0.1) is 6.61 Å². The van der Waals surface area contributed by atoms with Crippen LogP contribution in [0.5, 0.6) is 0 Å². The monoisotopic (exact) mass is 487 g/mol. The van der Waals surface area contributed by atoms with E-state index in [2.05, 4.69) is 50.0 Å². The van der Waals surface area contributed by atoms with Crippen LogP contribution in [0.25, 0.3) is 0 Å². The van der Waals surface area contributed by atoms with Gasteiger partial charge in [0.1, 0.15) is 0 Å². The number of rotatable bonds is 4. The summed E-state index contributed by atoms with van der Waals surface area (Å²) in [6.45, 7) is 0.312. The van der Waals surface area contributed by atoms with E-state index < -0.39 is 5.09 Å². The highest BCUT2D eigenvalue weighted by Crippen LogP contribution is 2.89. The Kier molecular flexibility index (Phi) is 2.27. The highest BCUT2D eigenvalue weighted by molar-refractivity contribution is 14.1. The van der Waals surface area contributed by atoms with Crippen molar-refractivity contribution in [1.29, 1.82) is 0 Å². The van der Waals surface area contributed by atoms with Crippen LogP contribution in [0.3, 0.4) is 0 Å².